The Kier molecular flexibility index (Phi) is 6.82. The molecule has 0 radical (unpaired) electrons. The van der Waals surface area contributed by atoms with Gasteiger partial charge >= 0.3 is 6.18 Å². The molecule has 0 bridgehead atoms. The number of carbonyl (C=O) groups is 1. The van der Waals surface area contributed by atoms with Crippen molar-refractivity contribution in [3.8, 4) is 5.75 Å². The number of halogens is 3. The first-order chi connectivity index (χ1) is 15.5. The minimum absolute atomic E-state index is 0.136. The van der Waals surface area contributed by atoms with E-state index >= 15 is 0 Å². The highest BCUT2D eigenvalue weighted by molar-refractivity contribution is 6.07. The summed E-state index contributed by atoms with van der Waals surface area (Å²) in [6, 6.07) is 3.66. The van der Waals surface area contributed by atoms with Crippen molar-refractivity contribution in [1.82, 2.24) is 19.9 Å². The van der Waals surface area contributed by atoms with E-state index in [-0.39, 0.29) is 23.3 Å². The van der Waals surface area contributed by atoms with Gasteiger partial charge in [0.1, 0.15) is 11.4 Å². The van der Waals surface area contributed by atoms with Crippen molar-refractivity contribution in [3.05, 3.63) is 57.3 Å². The third kappa shape index (κ3) is 4.58. The van der Waals surface area contributed by atoms with Gasteiger partial charge in [-0.2, -0.15) is 13.2 Å². The highest BCUT2D eigenvalue weighted by Gasteiger charge is 2.45. The molecule has 3 aromatic rings. The number of nitrogens with one attached hydrogen (secondary N) is 2. The summed E-state index contributed by atoms with van der Waals surface area (Å²) >= 11 is 0. The van der Waals surface area contributed by atoms with Gasteiger partial charge in [0.15, 0.2) is 6.10 Å². The molecule has 2 unspecified atom stereocenters. The fourth-order valence-corrected chi connectivity index (χ4v) is 4.08. The Morgan fingerprint density at radius 1 is 1.30 bits per heavy atom. The second kappa shape index (κ2) is 9.26. The average molecular weight is 466 g/mol. The van der Waals surface area contributed by atoms with Gasteiger partial charge in [-0.3, -0.25) is 9.59 Å². The minimum Gasteiger partial charge on any atom is -0.496 e. The molecule has 8 nitrogen and oxygen atoms in total. The highest BCUT2D eigenvalue weighted by atomic mass is 19.4. The number of pyridine rings is 2. The van der Waals surface area contributed by atoms with Crippen LogP contribution in [0.1, 0.15) is 40.3 Å². The number of methoxy groups -OCH3 is 2. The first-order valence-electron chi connectivity index (χ1n) is 10.1. The van der Waals surface area contributed by atoms with Crippen LogP contribution >= 0.6 is 0 Å². The molecule has 33 heavy (non-hydrogen) atoms. The fraction of sp³-hybridized carbons (Fsp3) is 0.409. The topological polar surface area (TPSA) is 98.2 Å². The molecule has 0 saturated heterocycles. The molecule has 0 aliphatic rings. The maximum Gasteiger partial charge on any atom is 0.416 e. The van der Waals surface area contributed by atoms with Crippen LogP contribution < -0.4 is 15.6 Å². The van der Waals surface area contributed by atoms with Crippen LogP contribution in [0.4, 0.5) is 13.2 Å². The van der Waals surface area contributed by atoms with Gasteiger partial charge in [0.25, 0.3) is 11.5 Å². The van der Waals surface area contributed by atoms with Crippen LogP contribution in [-0.2, 0) is 11.3 Å². The number of amides is 1. The summed E-state index contributed by atoms with van der Waals surface area (Å²) in [4.78, 5) is 32.3. The largest absolute Gasteiger partial charge is 0.496 e. The lowest BCUT2D eigenvalue weighted by Crippen LogP contribution is -2.38. The monoisotopic (exact) mass is 466 g/mol. The molecular formula is C22H25F3N4O4. The molecule has 3 heterocycles. The normalized spacial score (nSPS) is 13.7. The zero-order valence-electron chi connectivity index (χ0n) is 18.8. The van der Waals surface area contributed by atoms with E-state index in [9.17, 15) is 22.8 Å². The predicted molar refractivity (Wildman–Crippen MR) is 116 cm³/mol. The van der Waals surface area contributed by atoms with Gasteiger partial charge in [0, 0.05) is 30.1 Å². The van der Waals surface area contributed by atoms with Crippen molar-refractivity contribution < 1.29 is 27.4 Å². The Balaban J connectivity index is 2.02. The van der Waals surface area contributed by atoms with Crippen molar-refractivity contribution in [1.29, 1.82) is 0 Å². The summed E-state index contributed by atoms with van der Waals surface area (Å²) in [6.07, 6.45) is -5.27. The number of alkyl halides is 3. The molecule has 0 fully saturated rings. The summed E-state index contributed by atoms with van der Waals surface area (Å²) in [7, 11) is 2.40. The Bertz CT molecular complexity index is 1230. The summed E-state index contributed by atoms with van der Waals surface area (Å²) < 4.78 is 51.9. The fourth-order valence-electron chi connectivity index (χ4n) is 4.08. The molecule has 2 N–H and O–H groups in total. The Labute approximate surface area is 187 Å². The van der Waals surface area contributed by atoms with Gasteiger partial charge in [-0.1, -0.05) is 0 Å². The Morgan fingerprint density at radius 2 is 2.00 bits per heavy atom. The van der Waals surface area contributed by atoms with Crippen LogP contribution in [-0.4, -0.2) is 46.9 Å². The second-order valence-corrected chi connectivity index (χ2v) is 7.65. The lowest BCUT2D eigenvalue weighted by molar-refractivity contribution is -0.223. The lowest BCUT2D eigenvalue weighted by atomic mass is 10.1. The number of nitrogens with zero attached hydrogens (tertiary/aromatic N) is 2. The molecular weight excluding hydrogens is 441 g/mol. The van der Waals surface area contributed by atoms with Gasteiger partial charge in [0.2, 0.25) is 0 Å². The molecule has 2 atom stereocenters. The van der Waals surface area contributed by atoms with Crippen LogP contribution in [0.2, 0.25) is 0 Å². The molecule has 1 amide bonds. The second-order valence-electron chi connectivity index (χ2n) is 7.65. The third-order valence-corrected chi connectivity index (χ3v) is 5.53. The van der Waals surface area contributed by atoms with E-state index in [1.165, 1.54) is 24.8 Å². The van der Waals surface area contributed by atoms with E-state index in [4.69, 9.17) is 9.47 Å². The van der Waals surface area contributed by atoms with Crippen LogP contribution in [0.3, 0.4) is 0 Å². The maximum absolute atomic E-state index is 13.5. The van der Waals surface area contributed by atoms with Crippen LogP contribution in [0.5, 0.6) is 5.75 Å². The Morgan fingerprint density at radius 3 is 2.61 bits per heavy atom. The summed E-state index contributed by atoms with van der Waals surface area (Å²) in [5.74, 6) is -0.237. The van der Waals surface area contributed by atoms with Gasteiger partial charge < -0.3 is 24.3 Å². The number of carbonyl (C=O) groups excluding carboxylic acids is 1. The minimum atomic E-state index is -4.61. The number of ether oxygens (including phenoxy) is 2. The first-order valence-corrected chi connectivity index (χ1v) is 10.1. The molecule has 0 spiro atoms. The maximum atomic E-state index is 13.5. The molecule has 0 aliphatic carbocycles. The molecule has 3 aromatic heterocycles. The third-order valence-electron chi connectivity index (χ3n) is 5.53. The highest BCUT2D eigenvalue weighted by Crippen LogP contribution is 2.35. The number of aromatic amines is 1. The summed E-state index contributed by atoms with van der Waals surface area (Å²) in [5, 5.41) is 3.07. The SMILES string of the molecule is COc1cc(C)[nH]c(=O)c1CNC(=O)c1c(C)n(C(C)C(OC)C(F)(F)F)c2ncccc12. The van der Waals surface area contributed by atoms with E-state index < -0.39 is 29.8 Å². The van der Waals surface area contributed by atoms with E-state index in [1.54, 1.807) is 32.0 Å². The zero-order valence-corrected chi connectivity index (χ0v) is 18.8. The van der Waals surface area contributed by atoms with Crippen LogP contribution in [0.15, 0.2) is 29.2 Å². The quantitative estimate of drug-likeness (QED) is 0.556. The number of hydrogen-bond acceptors (Lipinski definition) is 5. The van der Waals surface area contributed by atoms with E-state index in [2.05, 4.69) is 15.3 Å². The molecule has 0 aliphatic heterocycles. The van der Waals surface area contributed by atoms with Gasteiger partial charge in [-0.05, 0) is 39.0 Å². The number of aryl methyl sites for hydroxylation is 1. The standard InChI is InChI=1S/C22H25F3N4O4/c1-11-9-16(32-4)15(20(30)28-11)10-27-21(31)17-12(2)29(19-14(17)7-6-8-26-19)13(3)18(33-5)22(23,24)25/h6-9,13,18H,10H2,1-5H3,(H,27,31)(H,28,30). The number of aromatic nitrogens is 3. The van der Waals surface area contributed by atoms with Gasteiger partial charge in [0.05, 0.1) is 30.8 Å². The molecule has 3 rings (SSSR count). The molecule has 0 aromatic carbocycles. The zero-order chi connectivity index (χ0) is 24.5. The van der Waals surface area contributed by atoms with Crippen molar-refractivity contribution in [2.75, 3.05) is 14.2 Å². The van der Waals surface area contributed by atoms with Gasteiger partial charge in [-0.25, -0.2) is 4.98 Å². The predicted octanol–water partition coefficient (Wildman–Crippen LogP) is 3.42. The number of rotatable bonds is 7. The number of H-pyrrole nitrogens is 1. The van der Waals surface area contributed by atoms with E-state index in [0.717, 1.165) is 7.11 Å². The van der Waals surface area contributed by atoms with E-state index in [1.807, 2.05) is 0 Å². The lowest BCUT2D eigenvalue weighted by Gasteiger charge is -2.27. The van der Waals surface area contributed by atoms with Crippen LogP contribution in [0, 0.1) is 13.8 Å². The molecule has 0 saturated carbocycles. The van der Waals surface area contributed by atoms with Crippen LogP contribution in [0.25, 0.3) is 11.0 Å². The van der Waals surface area contributed by atoms with Crippen molar-refractivity contribution in [2.45, 2.75) is 45.6 Å². The molecule has 178 valence electrons. The average Bonchev–Trinajstić information content (AvgIpc) is 3.03. The number of hydrogen-bond donors (Lipinski definition) is 2. The molecule has 11 heteroatoms. The van der Waals surface area contributed by atoms with Crippen molar-refractivity contribution in [2.24, 2.45) is 0 Å². The van der Waals surface area contributed by atoms with Crippen molar-refractivity contribution in [3.63, 3.8) is 0 Å². The summed E-state index contributed by atoms with van der Waals surface area (Å²) in [5.41, 5.74) is 1.11. The van der Waals surface area contributed by atoms with Gasteiger partial charge in [-0.15, -0.1) is 0 Å². The number of fused-ring (bicyclic) bond motifs is 1. The summed E-state index contributed by atoms with van der Waals surface area (Å²) in [6.45, 7) is 4.48. The van der Waals surface area contributed by atoms with Crippen molar-refractivity contribution >= 4 is 16.9 Å². The Hall–Kier alpha value is -3.34. The first kappa shape index (κ1) is 24.3. The smallest absolute Gasteiger partial charge is 0.416 e. The van der Waals surface area contributed by atoms with E-state index in [0.29, 0.717) is 22.5 Å².